The van der Waals surface area contributed by atoms with E-state index in [2.05, 4.69) is 10.2 Å². The van der Waals surface area contributed by atoms with Crippen LogP contribution < -0.4 is 4.74 Å². The van der Waals surface area contributed by atoms with E-state index in [1.165, 1.54) is 0 Å². The lowest BCUT2D eigenvalue weighted by atomic mass is 10.0. The summed E-state index contributed by atoms with van der Waals surface area (Å²) in [4.78, 5) is 14.8. The molecule has 0 bridgehead atoms. The number of nitrogens with one attached hydrogen (secondary N) is 1. The third kappa shape index (κ3) is 3.17. The maximum Gasteiger partial charge on any atom is 0.275 e. The van der Waals surface area contributed by atoms with Gasteiger partial charge in [0.1, 0.15) is 11.3 Å². The number of hydrogen-bond acceptors (Lipinski definition) is 4. The number of fused-ring (bicyclic) bond motifs is 1. The van der Waals surface area contributed by atoms with Crippen LogP contribution >= 0.6 is 0 Å². The highest BCUT2D eigenvalue weighted by atomic mass is 16.5. The van der Waals surface area contributed by atoms with E-state index >= 15 is 0 Å². The summed E-state index contributed by atoms with van der Waals surface area (Å²) in [5, 5.41) is 7.99. The third-order valence-corrected chi connectivity index (χ3v) is 4.44. The summed E-state index contributed by atoms with van der Waals surface area (Å²) in [7, 11) is 3.33. The summed E-state index contributed by atoms with van der Waals surface area (Å²) in [6, 6.07) is 5.64. The lowest BCUT2D eigenvalue weighted by Gasteiger charge is -2.23. The van der Waals surface area contributed by atoms with Gasteiger partial charge in [-0.25, -0.2) is 0 Å². The first-order chi connectivity index (χ1) is 11.2. The van der Waals surface area contributed by atoms with Crippen LogP contribution in [0.4, 0.5) is 0 Å². The minimum absolute atomic E-state index is 0.0208. The standard InChI is InChI=1S/C17H23N3O3/c1-22-11-12-6-3-4-9-20(10-12)17(21)16-13-7-5-8-14(23-2)15(13)18-19-16/h5,7-8,12H,3-4,6,9-11H2,1-2H3,(H,18,19). The average molecular weight is 317 g/mol. The van der Waals surface area contributed by atoms with Gasteiger partial charge in [0.05, 0.1) is 13.7 Å². The predicted molar refractivity (Wildman–Crippen MR) is 87.8 cm³/mol. The molecule has 0 radical (unpaired) electrons. The molecule has 1 amide bonds. The molecule has 3 rings (SSSR count). The maximum absolute atomic E-state index is 12.9. The number of nitrogens with zero attached hydrogens (tertiary/aromatic N) is 2. The molecule has 1 fully saturated rings. The molecule has 1 aromatic heterocycles. The normalized spacial score (nSPS) is 18.9. The van der Waals surface area contributed by atoms with Crippen molar-refractivity contribution in [3.05, 3.63) is 23.9 Å². The molecule has 2 aromatic rings. The Kier molecular flexibility index (Phi) is 4.81. The summed E-state index contributed by atoms with van der Waals surface area (Å²) in [6.45, 7) is 2.20. The maximum atomic E-state index is 12.9. The van der Waals surface area contributed by atoms with Gasteiger partial charge in [-0.15, -0.1) is 0 Å². The predicted octanol–water partition coefficient (Wildman–Crippen LogP) is 2.46. The molecule has 124 valence electrons. The summed E-state index contributed by atoms with van der Waals surface area (Å²) in [5.74, 6) is 1.07. The quantitative estimate of drug-likeness (QED) is 0.940. The Morgan fingerprint density at radius 1 is 1.39 bits per heavy atom. The molecule has 1 N–H and O–H groups in total. The number of para-hydroxylation sites is 1. The zero-order valence-electron chi connectivity index (χ0n) is 13.7. The number of carbonyl (C=O) groups is 1. The summed E-state index contributed by atoms with van der Waals surface area (Å²) in [5.41, 5.74) is 1.23. The second-order valence-electron chi connectivity index (χ2n) is 6.02. The van der Waals surface area contributed by atoms with E-state index in [1.54, 1.807) is 14.2 Å². The van der Waals surface area contributed by atoms with E-state index in [1.807, 2.05) is 23.1 Å². The fourth-order valence-corrected chi connectivity index (χ4v) is 3.28. The number of amides is 1. The zero-order chi connectivity index (χ0) is 16.2. The first kappa shape index (κ1) is 15.8. The Balaban J connectivity index is 1.87. The van der Waals surface area contributed by atoms with Crippen LogP contribution in [-0.2, 0) is 4.74 Å². The highest BCUT2D eigenvalue weighted by molar-refractivity contribution is 6.05. The first-order valence-corrected chi connectivity index (χ1v) is 8.04. The Hall–Kier alpha value is -2.08. The number of methoxy groups -OCH3 is 2. The van der Waals surface area contributed by atoms with E-state index in [0.717, 1.165) is 43.3 Å². The second kappa shape index (κ2) is 7.00. The minimum atomic E-state index is -0.0208. The van der Waals surface area contributed by atoms with Crippen molar-refractivity contribution in [1.29, 1.82) is 0 Å². The smallest absolute Gasteiger partial charge is 0.275 e. The van der Waals surface area contributed by atoms with E-state index in [4.69, 9.17) is 9.47 Å². The van der Waals surface area contributed by atoms with Gasteiger partial charge in [0, 0.05) is 25.6 Å². The molecule has 0 saturated carbocycles. The number of H-pyrrole nitrogens is 1. The lowest BCUT2D eigenvalue weighted by Crippen LogP contribution is -2.36. The molecule has 23 heavy (non-hydrogen) atoms. The number of carbonyl (C=O) groups excluding carboxylic acids is 1. The van der Waals surface area contributed by atoms with Crippen molar-refractivity contribution in [3.8, 4) is 5.75 Å². The number of rotatable bonds is 4. The summed E-state index contributed by atoms with van der Waals surface area (Å²) >= 11 is 0. The fraction of sp³-hybridized carbons (Fsp3) is 0.529. The highest BCUT2D eigenvalue weighted by Gasteiger charge is 2.26. The van der Waals surface area contributed by atoms with Crippen LogP contribution in [0.15, 0.2) is 18.2 Å². The number of benzene rings is 1. The average Bonchev–Trinajstić information content (AvgIpc) is 2.87. The Bertz CT molecular complexity index is 683. The number of aromatic amines is 1. The van der Waals surface area contributed by atoms with Gasteiger partial charge in [-0.1, -0.05) is 18.6 Å². The van der Waals surface area contributed by atoms with Crippen molar-refractivity contribution in [3.63, 3.8) is 0 Å². The zero-order valence-corrected chi connectivity index (χ0v) is 13.7. The van der Waals surface area contributed by atoms with Crippen LogP contribution in [-0.4, -0.2) is 54.9 Å². The number of ether oxygens (including phenoxy) is 2. The lowest BCUT2D eigenvalue weighted by molar-refractivity contribution is 0.0693. The molecule has 1 saturated heterocycles. The van der Waals surface area contributed by atoms with Crippen molar-refractivity contribution < 1.29 is 14.3 Å². The molecule has 0 aliphatic carbocycles. The van der Waals surface area contributed by atoms with E-state index in [-0.39, 0.29) is 5.91 Å². The minimum Gasteiger partial charge on any atom is -0.494 e. The molecule has 6 heteroatoms. The Morgan fingerprint density at radius 2 is 2.26 bits per heavy atom. The number of aromatic nitrogens is 2. The van der Waals surface area contributed by atoms with Gasteiger partial charge in [-0.2, -0.15) is 5.10 Å². The van der Waals surface area contributed by atoms with Crippen LogP contribution in [0.25, 0.3) is 10.9 Å². The van der Waals surface area contributed by atoms with Gasteiger partial charge < -0.3 is 14.4 Å². The third-order valence-electron chi connectivity index (χ3n) is 4.44. The Labute approximate surface area is 135 Å². The molecular formula is C17H23N3O3. The molecule has 0 spiro atoms. The van der Waals surface area contributed by atoms with Gasteiger partial charge in [0.15, 0.2) is 5.69 Å². The number of likely N-dealkylation sites (tertiary alicyclic amines) is 1. The van der Waals surface area contributed by atoms with Crippen molar-refractivity contribution in [2.75, 3.05) is 33.9 Å². The van der Waals surface area contributed by atoms with Crippen molar-refractivity contribution >= 4 is 16.8 Å². The van der Waals surface area contributed by atoms with Crippen LogP contribution in [0.1, 0.15) is 29.8 Å². The van der Waals surface area contributed by atoms with Crippen molar-refractivity contribution in [2.45, 2.75) is 19.3 Å². The summed E-state index contributed by atoms with van der Waals surface area (Å²) < 4.78 is 10.6. The van der Waals surface area contributed by atoms with Gasteiger partial charge in [0.25, 0.3) is 5.91 Å². The van der Waals surface area contributed by atoms with Crippen LogP contribution in [0, 0.1) is 5.92 Å². The first-order valence-electron chi connectivity index (χ1n) is 8.04. The SMILES string of the molecule is COCC1CCCCN(C(=O)c2n[nH]c3c(OC)cccc23)C1. The molecule has 2 heterocycles. The topological polar surface area (TPSA) is 67.5 Å². The van der Waals surface area contributed by atoms with Gasteiger partial charge >= 0.3 is 0 Å². The van der Waals surface area contributed by atoms with E-state index in [9.17, 15) is 4.79 Å². The largest absolute Gasteiger partial charge is 0.494 e. The van der Waals surface area contributed by atoms with E-state index in [0.29, 0.717) is 24.0 Å². The molecule has 6 nitrogen and oxygen atoms in total. The fourth-order valence-electron chi connectivity index (χ4n) is 3.28. The summed E-state index contributed by atoms with van der Waals surface area (Å²) in [6.07, 6.45) is 3.26. The van der Waals surface area contributed by atoms with Crippen molar-refractivity contribution in [2.24, 2.45) is 5.92 Å². The van der Waals surface area contributed by atoms with Crippen LogP contribution in [0.5, 0.6) is 5.75 Å². The number of hydrogen-bond donors (Lipinski definition) is 1. The van der Waals surface area contributed by atoms with Crippen molar-refractivity contribution in [1.82, 2.24) is 15.1 Å². The monoisotopic (exact) mass is 317 g/mol. The van der Waals surface area contributed by atoms with Crippen LogP contribution in [0.3, 0.4) is 0 Å². The van der Waals surface area contributed by atoms with Crippen LogP contribution in [0.2, 0.25) is 0 Å². The molecular weight excluding hydrogens is 294 g/mol. The molecule has 1 unspecified atom stereocenters. The Morgan fingerprint density at radius 3 is 3.04 bits per heavy atom. The highest BCUT2D eigenvalue weighted by Crippen LogP contribution is 2.27. The van der Waals surface area contributed by atoms with Gasteiger partial charge in [-0.05, 0) is 24.8 Å². The molecule has 1 aliphatic rings. The van der Waals surface area contributed by atoms with Gasteiger partial charge in [0.2, 0.25) is 0 Å². The second-order valence-corrected chi connectivity index (χ2v) is 6.02. The van der Waals surface area contributed by atoms with Gasteiger partial charge in [-0.3, -0.25) is 9.89 Å². The van der Waals surface area contributed by atoms with E-state index < -0.39 is 0 Å². The molecule has 1 aromatic carbocycles. The molecule has 1 atom stereocenters. The molecule has 1 aliphatic heterocycles.